The zero-order chi connectivity index (χ0) is 21.3. The predicted molar refractivity (Wildman–Crippen MR) is 124 cm³/mol. The summed E-state index contributed by atoms with van der Waals surface area (Å²) in [4.78, 5) is 19.9. The number of carbonyl (C=O) groups is 1. The van der Waals surface area contributed by atoms with Crippen LogP contribution in [0, 0.1) is 5.92 Å². The summed E-state index contributed by atoms with van der Waals surface area (Å²) in [6, 6.07) is 8.58. The molecule has 6 heteroatoms. The second-order valence-electron chi connectivity index (χ2n) is 9.46. The van der Waals surface area contributed by atoms with Gasteiger partial charge in [0.05, 0.1) is 13.2 Å². The van der Waals surface area contributed by atoms with Crippen molar-refractivity contribution < 1.29 is 9.53 Å². The Balaban J connectivity index is 1.21. The number of urea groups is 1. The van der Waals surface area contributed by atoms with Gasteiger partial charge in [-0.1, -0.05) is 37.1 Å². The molecule has 0 spiro atoms. The lowest BCUT2D eigenvalue weighted by Gasteiger charge is -2.34. The molecule has 0 atom stereocenters. The molecule has 1 N–H and O–H groups in total. The Kier molecular flexibility index (Phi) is 8.62. The van der Waals surface area contributed by atoms with Crippen LogP contribution in [0.4, 0.5) is 4.79 Å². The molecule has 1 aromatic carbocycles. The smallest absolute Gasteiger partial charge is 0.317 e. The predicted octanol–water partition coefficient (Wildman–Crippen LogP) is 3.32. The fraction of sp³-hybridized carbons (Fsp3) is 0.720. The van der Waals surface area contributed by atoms with Gasteiger partial charge < -0.3 is 19.9 Å². The number of amides is 2. The molecule has 0 radical (unpaired) electrons. The van der Waals surface area contributed by atoms with Crippen molar-refractivity contribution in [2.24, 2.45) is 5.92 Å². The standard InChI is InChI=1S/C25H40N4O2/c30-25(29-13-9-22(10-14-29)20-27-11-5-1-2-6-12-27)26-19-23-7-3-4-8-24(23)21-28-15-17-31-18-16-28/h3-4,7-8,22H,1-2,5-6,9-21H2,(H,26,30). The molecule has 0 unspecified atom stereocenters. The summed E-state index contributed by atoms with van der Waals surface area (Å²) in [5.41, 5.74) is 2.53. The van der Waals surface area contributed by atoms with Crippen LogP contribution in [0.1, 0.15) is 49.7 Å². The number of nitrogens with zero attached hydrogens (tertiary/aromatic N) is 3. The van der Waals surface area contributed by atoms with E-state index < -0.39 is 0 Å². The Bertz CT molecular complexity index is 676. The highest BCUT2D eigenvalue weighted by Crippen LogP contribution is 2.21. The highest BCUT2D eigenvalue weighted by atomic mass is 16.5. The molecule has 1 aromatic rings. The molecule has 31 heavy (non-hydrogen) atoms. The lowest BCUT2D eigenvalue weighted by molar-refractivity contribution is 0.0340. The van der Waals surface area contributed by atoms with Crippen LogP contribution in [0.3, 0.4) is 0 Å². The SMILES string of the molecule is O=C(NCc1ccccc1CN1CCOCC1)N1CCC(CN2CCCCCC2)CC1. The molecule has 3 heterocycles. The second-order valence-corrected chi connectivity index (χ2v) is 9.46. The molecular weight excluding hydrogens is 388 g/mol. The van der Waals surface area contributed by atoms with Crippen LogP contribution in [0.2, 0.25) is 0 Å². The first-order valence-electron chi connectivity index (χ1n) is 12.4. The summed E-state index contributed by atoms with van der Waals surface area (Å²) in [5.74, 6) is 0.747. The van der Waals surface area contributed by atoms with Crippen molar-refractivity contribution >= 4 is 6.03 Å². The fourth-order valence-corrected chi connectivity index (χ4v) is 5.17. The van der Waals surface area contributed by atoms with Gasteiger partial charge in [0.1, 0.15) is 0 Å². The average molecular weight is 429 g/mol. The minimum atomic E-state index is 0.0920. The van der Waals surface area contributed by atoms with Crippen molar-refractivity contribution in [1.82, 2.24) is 20.0 Å². The number of hydrogen-bond donors (Lipinski definition) is 1. The highest BCUT2D eigenvalue weighted by Gasteiger charge is 2.24. The van der Waals surface area contributed by atoms with Crippen LogP contribution in [-0.2, 0) is 17.8 Å². The number of nitrogens with one attached hydrogen (secondary N) is 1. The number of piperidine rings is 1. The molecule has 3 saturated heterocycles. The first-order chi connectivity index (χ1) is 15.3. The number of rotatable bonds is 6. The van der Waals surface area contributed by atoms with Crippen molar-refractivity contribution in [2.75, 3.05) is 59.0 Å². The van der Waals surface area contributed by atoms with Crippen LogP contribution in [0.5, 0.6) is 0 Å². The van der Waals surface area contributed by atoms with Crippen molar-refractivity contribution in [3.05, 3.63) is 35.4 Å². The molecule has 0 aromatic heterocycles. The maximum Gasteiger partial charge on any atom is 0.317 e. The van der Waals surface area contributed by atoms with Crippen LogP contribution >= 0.6 is 0 Å². The Labute approximate surface area is 187 Å². The summed E-state index contributed by atoms with van der Waals surface area (Å²) < 4.78 is 5.46. The van der Waals surface area contributed by atoms with E-state index >= 15 is 0 Å². The summed E-state index contributed by atoms with van der Waals surface area (Å²) in [6.07, 6.45) is 7.77. The van der Waals surface area contributed by atoms with Crippen molar-refractivity contribution in [1.29, 1.82) is 0 Å². The van der Waals surface area contributed by atoms with Gasteiger partial charge in [-0.15, -0.1) is 0 Å². The topological polar surface area (TPSA) is 48.1 Å². The van der Waals surface area contributed by atoms with E-state index in [-0.39, 0.29) is 6.03 Å². The van der Waals surface area contributed by atoms with E-state index in [9.17, 15) is 4.79 Å². The van der Waals surface area contributed by atoms with E-state index in [1.807, 2.05) is 4.90 Å². The molecule has 3 aliphatic heterocycles. The zero-order valence-electron chi connectivity index (χ0n) is 19.1. The number of hydrogen-bond acceptors (Lipinski definition) is 4. The van der Waals surface area contributed by atoms with E-state index in [0.717, 1.165) is 64.7 Å². The average Bonchev–Trinajstić information content (AvgIpc) is 3.08. The summed E-state index contributed by atoms with van der Waals surface area (Å²) >= 11 is 0. The van der Waals surface area contributed by atoms with Gasteiger partial charge >= 0.3 is 6.03 Å². The van der Waals surface area contributed by atoms with Gasteiger partial charge in [0.2, 0.25) is 0 Å². The van der Waals surface area contributed by atoms with Gasteiger partial charge in [0.25, 0.3) is 0 Å². The number of morpholine rings is 1. The Hall–Kier alpha value is -1.63. The molecule has 0 bridgehead atoms. The van der Waals surface area contributed by atoms with Gasteiger partial charge in [0, 0.05) is 45.8 Å². The quantitative estimate of drug-likeness (QED) is 0.755. The van der Waals surface area contributed by atoms with Gasteiger partial charge in [0.15, 0.2) is 0 Å². The molecule has 0 aliphatic carbocycles. The third-order valence-electron chi connectivity index (χ3n) is 7.16. The van der Waals surface area contributed by atoms with Crippen LogP contribution in [-0.4, -0.2) is 79.8 Å². The minimum absolute atomic E-state index is 0.0920. The third-order valence-corrected chi connectivity index (χ3v) is 7.16. The molecule has 6 nitrogen and oxygen atoms in total. The molecule has 3 aliphatic rings. The van der Waals surface area contributed by atoms with Crippen molar-refractivity contribution in [3.8, 4) is 0 Å². The highest BCUT2D eigenvalue weighted by molar-refractivity contribution is 5.74. The largest absolute Gasteiger partial charge is 0.379 e. The van der Waals surface area contributed by atoms with Gasteiger partial charge in [-0.3, -0.25) is 4.90 Å². The molecular formula is C25H40N4O2. The number of carbonyl (C=O) groups excluding carboxylic acids is 1. The number of likely N-dealkylation sites (tertiary alicyclic amines) is 2. The summed E-state index contributed by atoms with van der Waals surface area (Å²) in [6.45, 7) is 10.7. The van der Waals surface area contributed by atoms with Crippen molar-refractivity contribution in [2.45, 2.75) is 51.6 Å². The Morgan fingerprint density at radius 1 is 0.871 bits per heavy atom. The molecule has 172 valence electrons. The molecule has 4 rings (SSSR count). The first-order valence-corrected chi connectivity index (χ1v) is 12.4. The fourth-order valence-electron chi connectivity index (χ4n) is 5.17. The first kappa shape index (κ1) is 22.6. The van der Waals surface area contributed by atoms with Gasteiger partial charge in [-0.25, -0.2) is 4.79 Å². The monoisotopic (exact) mass is 428 g/mol. The van der Waals surface area contributed by atoms with Gasteiger partial charge in [-0.2, -0.15) is 0 Å². The van der Waals surface area contributed by atoms with E-state index in [1.165, 1.54) is 56.4 Å². The summed E-state index contributed by atoms with van der Waals surface area (Å²) in [5, 5.41) is 3.18. The lowest BCUT2D eigenvalue weighted by Crippen LogP contribution is -2.46. The molecule has 3 fully saturated rings. The molecule has 2 amide bonds. The third kappa shape index (κ3) is 6.93. The normalized spacial score (nSPS) is 22.3. The summed E-state index contributed by atoms with van der Waals surface area (Å²) in [7, 11) is 0. The second kappa shape index (κ2) is 11.8. The molecule has 0 saturated carbocycles. The minimum Gasteiger partial charge on any atom is -0.379 e. The number of ether oxygens (including phenoxy) is 1. The van der Waals surface area contributed by atoms with E-state index in [2.05, 4.69) is 39.4 Å². The zero-order valence-corrected chi connectivity index (χ0v) is 19.1. The van der Waals surface area contributed by atoms with Crippen molar-refractivity contribution in [3.63, 3.8) is 0 Å². The lowest BCUT2D eigenvalue weighted by atomic mass is 9.96. The van der Waals surface area contributed by atoms with E-state index in [0.29, 0.717) is 6.54 Å². The van der Waals surface area contributed by atoms with Crippen LogP contribution < -0.4 is 5.32 Å². The maximum absolute atomic E-state index is 12.8. The maximum atomic E-state index is 12.8. The van der Waals surface area contributed by atoms with E-state index in [1.54, 1.807) is 0 Å². The Morgan fingerprint density at radius 3 is 2.26 bits per heavy atom. The Morgan fingerprint density at radius 2 is 1.55 bits per heavy atom. The van der Waals surface area contributed by atoms with E-state index in [4.69, 9.17) is 4.74 Å². The van der Waals surface area contributed by atoms with Crippen LogP contribution in [0.15, 0.2) is 24.3 Å². The number of benzene rings is 1. The van der Waals surface area contributed by atoms with Crippen LogP contribution in [0.25, 0.3) is 0 Å². The van der Waals surface area contributed by atoms with Gasteiger partial charge in [-0.05, 0) is 55.8 Å².